The fourth-order valence-corrected chi connectivity index (χ4v) is 3.10. The summed E-state index contributed by atoms with van der Waals surface area (Å²) >= 11 is 0. The van der Waals surface area contributed by atoms with Gasteiger partial charge in [0.2, 0.25) is 11.8 Å². The van der Waals surface area contributed by atoms with Gasteiger partial charge in [-0.25, -0.2) is 0 Å². The van der Waals surface area contributed by atoms with E-state index in [-0.39, 0.29) is 23.8 Å². The maximum Gasteiger partial charge on any atom is 0.243 e. The highest BCUT2D eigenvalue weighted by atomic mass is 16.5. The summed E-state index contributed by atoms with van der Waals surface area (Å²) < 4.78 is 5.41. The monoisotopic (exact) mass is 350 g/mol. The second-order valence-corrected chi connectivity index (χ2v) is 6.35. The minimum atomic E-state index is -0.196. The number of carbonyl (C=O) groups is 2. The molecule has 0 unspecified atom stereocenters. The standard InChI is InChI=1S/C21H22N2O3/c1-3-20(24)22-17-12-15(13-17)21(25)23-16-8-6-7-14(11-16)18-9-4-5-10-19(18)26-2/h3-11,15,17H,1,12-13H2,2H3,(H,22,24)(H,23,25). The van der Waals surface area contributed by atoms with Crippen LogP contribution in [0.2, 0.25) is 0 Å². The van der Waals surface area contributed by atoms with Gasteiger partial charge >= 0.3 is 0 Å². The Balaban J connectivity index is 1.64. The molecule has 3 rings (SSSR count). The number of nitrogens with one attached hydrogen (secondary N) is 2. The lowest BCUT2D eigenvalue weighted by atomic mass is 9.79. The molecule has 0 aromatic heterocycles. The molecular formula is C21H22N2O3. The zero-order valence-corrected chi connectivity index (χ0v) is 14.7. The first kappa shape index (κ1) is 17.7. The Morgan fingerprint density at radius 1 is 1.15 bits per heavy atom. The topological polar surface area (TPSA) is 67.4 Å². The third-order valence-electron chi connectivity index (χ3n) is 4.59. The molecule has 2 aromatic rings. The minimum absolute atomic E-state index is 0.0220. The molecule has 0 aliphatic heterocycles. The Hall–Kier alpha value is -3.08. The lowest BCUT2D eigenvalue weighted by Gasteiger charge is -2.34. The smallest absolute Gasteiger partial charge is 0.243 e. The molecule has 1 saturated carbocycles. The van der Waals surface area contributed by atoms with Crippen LogP contribution >= 0.6 is 0 Å². The largest absolute Gasteiger partial charge is 0.496 e. The van der Waals surface area contributed by atoms with Gasteiger partial charge in [0.25, 0.3) is 0 Å². The van der Waals surface area contributed by atoms with E-state index in [9.17, 15) is 9.59 Å². The fraction of sp³-hybridized carbons (Fsp3) is 0.238. The van der Waals surface area contributed by atoms with Crippen LogP contribution in [0.4, 0.5) is 5.69 Å². The van der Waals surface area contributed by atoms with Crippen molar-refractivity contribution in [3.05, 3.63) is 61.2 Å². The van der Waals surface area contributed by atoms with Gasteiger partial charge in [0.15, 0.2) is 0 Å². The summed E-state index contributed by atoms with van der Waals surface area (Å²) in [6, 6.07) is 15.5. The molecule has 1 fully saturated rings. The van der Waals surface area contributed by atoms with Gasteiger partial charge in [0, 0.05) is 23.2 Å². The van der Waals surface area contributed by atoms with Gasteiger partial charge in [-0.15, -0.1) is 0 Å². The van der Waals surface area contributed by atoms with Gasteiger partial charge in [-0.3, -0.25) is 9.59 Å². The minimum Gasteiger partial charge on any atom is -0.496 e. The van der Waals surface area contributed by atoms with Gasteiger partial charge in [-0.05, 0) is 42.7 Å². The molecule has 134 valence electrons. The van der Waals surface area contributed by atoms with Gasteiger partial charge in [-0.2, -0.15) is 0 Å². The van der Waals surface area contributed by atoms with E-state index in [4.69, 9.17) is 4.74 Å². The Kier molecular flexibility index (Phi) is 5.37. The molecule has 0 saturated heterocycles. The van der Waals surface area contributed by atoms with Crippen molar-refractivity contribution in [1.82, 2.24) is 5.32 Å². The van der Waals surface area contributed by atoms with Gasteiger partial charge in [-0.1, -0.05) is 36.9 Å². The van der Waals surface area contributed by atoms with Crippen LogP contribution in [0.1, 0.15) is 12.8 Å². The number of ether oxygens (including phenoxy) is 1. The van der Waals surface area contributed by atoms with Crippen LogP contribution in [-0.4, -0.2) is 25.0 Å². The van der Waals surface area contributed by atoms with E-state index in [0.29, 0.717) is 12.8 Å². The number of amides is 2. The molecule has 1 aliphatic carbocycles. The molecule has 26 heavy (non-hydrogen) atoms. The molecule has 0 atom stereocenters. The van der Waals surface area contributed by atoms with E-state index in [1.54, 1.807) is 7.11 Å². The van der Waals surface area contributed by atoms with Crippen LogP contribution < -0.4 is 15.4 Å². The van der Waals surface area contributed by atoms with Crippen molar-refractivity contribution in [3.63, 3.8) is 0 Å². The molecule has 0 bridgehead atoms. The molecule has 1 aliphatic rings. The van der Waals surface area contributed by atoms with Gasteiger partial charge in [0.1, 0.15) is 5.75 Å². The molecule has 5 heteroatoms. The first-order chi connectivity index (χ1) is 12.6. The fourth-order valence-electron chi connectivity index (χ4n) is 3.10. The van der Waals surface area contributed by atoms with E-state index in [1.165, 1.54) is 6.08 Å². The average Bonchev–Trinajstić information content (AvgIpc) is 2.64. The summed E-state index contributed by atoms with van der Waals surface area (Å²) in [6.07, 6.45) is 2.55. The predicted octanol–water partition coefficient (Wildman–Crippen LogP) is 3.38. The number of carbonyl (C=O) groups excluding carboxylic acids is 2. The van der Waals surface area contributed by atoms with Crippen LogP contribution in [0.3, 0.4) is 0 Å². The Morgan fingerprint density at radius 2 is 1.92 bits per heavy atom. The number of benzene rings is 2. The second kappa shape index (κ2) is 7.87. The second-order valence-electron chi connectivity index (χ2n) is 6.35. The molecular weight excluding hydrogens is 328 g/mol. The number of para-hydroxylation sites is 1. The summed E-state index contributed by atoms with van der Waals surface area (Å²) in [5.41, 5.74) is 2.70. The zero-order valence-electron chi connectivity index (χ0n) is 14.7. The van der Waals surface area contributed by atoms with Gasteiger partial charge in [0.05, 0.1) is 7.11 Å². The van der Waals surface area contributed by atoms with Gasteiger partial charge < -0.3 is 15.4 Å². The highest BCUT2D eigenvalue weighted by Crippen LogP contribution is 2.32. The number of methoxy groups -OCH3 is 1. The normalized spacial score (nSPS) is 18.3. The van der Waals surface area contributed by atoms with E-state index in [1.807, 2.05) is 48.5 Å². The van der Waals surface area contributed by atoms with Crippen LogP contribution in [0.15, 0.2) is 61.2 Å². The summed E-state index contributed by atoms with van der Waals surface area (Å²) in [4.78, 5) is 23.7. The van der Waals surface area contributed by atoms with Crippen molar-refractivity contribution >= 4 is 17.5 Å². The number of hydrogen-bond donors (Lipinski definition) is 2. The predicted molar refractivity (Wildman–Crippen MR) is 102 cm³/mol. The van der Waals surface area contributed by atoms with Crippen molar-refractivity contribution in [3.8, 4) is 16.9 Å². The first-order valence-corrected chi connectivity index (χ1v) is 8.58. The molecule has 0 spiro atoms. The van der Waals surface area contributed by atoms with Crippen molar-refractivity contribution in [2.75, 3.05) is 12.4 Å². The van der Waals surface area contributed by atoms with Crippen molar-refractivity contribution in [2.45, 2.75) is 18.9 Å². The number of rotatable bonds is 6. The van der Waals surface area contributed by atoms with Crippen LogP contribution in [0.5, 0.6) is 5.75 Å². The maximum atomic E-state index is 12.4. The van der Waals surface area contributed by atoms with Crippen LogP contribution in [0, 0.1) is 5.92 Å². The highest BCUT2D eigenvalue weighted by Gasteiger charge is 2.35. The Morgan fingerprint density at radius 3 is 2.65 bits per heavy atom. The van der Waals surface area contributed by atoms with Crippen molar-refractivity contribution < 1.29 is 14.3 Å². The zero-order chi connectivity index (χ0) is 18.5. The molecule has 2 amide bonds. The van der Waals surface area contributed by atoms with Crippen molar-refractivity contribution in [1.29, 1.82) is 0 Å². The van der Waals surface area contributed by atoms with E-state index >= 15 is 0 Å². The summed E-state index contributed by atoms with van der Waals surface area (Å²) in [5, 5.41) is 5.77. The third kappa shape index (κ3) is 3.94. The highest BCUT2D eigenvalue weighted by molar-refractivity contribution is 5.94. The lowest BCUT2D eigenvalue weighted by Crippen LogP contribution is -2.47. The average molecular weight is 350 g/mol. The first-order valence-electron chi connectivity index (χ1n) is 8.58. The lowest BCUT2D eigenvalue weighted by molar-refractivity contribution is -0.125. The number of hydrogen-bond acceptors (Lipinski definition) is 3. The molecule has 0 heterocycles. The molecule has 2 N–H and O–H groups in total. The summed E-state index contributed by atoms with van der Waals surface area (Å²) in [7, 11) is 1.64. The Labute approximate surface area is 153 Å². The van der Waals surface area contributed by atoms with Crippen molar-refractivity contribution in [2.24, 2.45) is 5.92 Å². The molecule has 5 nitrogen and oxygen atoms in total. The quantitative estimate of drug-likeness (QED) is 0.785. The van der Waals surface area contributed by atoms with E-state index in [2.05, 4.69) is 17.2 Å². The molecule has 0 radical (unpaired) electrons. The maximum absolute atomic E-state index is 12.4. The van der Waals surface area contributed by atoms with E-state index in [0.717, 1.165) is 22.6 Å². The summed E-state index contributed by atoms with van der Waals surface area (Å²) in [5.74, 6) is 0.487. The van der Waals surface area contributed by atoms with Crippen LogP contribution in [0.25, 0.3) is 11.1 Å². The SMILES string of the molecule is C=CC(=O)NC1CC(C(=O)Nc2cccc(-c3ccccc3OC)c2)C1. The van der Waals surface area contributed by atoms with Crippen LogP contribution in [-0.2, 0) is 9.59 Å². The Bertz CT molecular complexity index is 826. The summed E-state index contributed by atoms with van der Waals surface area (Å²) in [6.45, 7) is 3.43. The van der Waals surface area contributed by atoms with E-state index < -0.39 is 0 Å². The third-order valence-corrected chi connectivity index (χ3v) is 4.59. The number of anilines is 1. The molecule has 2 aromatic carbocycles.